The molecule has 152 valence electrons. The van der Waals surface area contributed by atoms with Crippen LogP contribution in [0.2, 0.25) is 0 Å². The molecule has 0 aliphatic carbocycles. The lowest BCUT2D eigenvalue weighted by atomic mass is 9.87. The monoisotopic (exact) mass is 383 g/mol. The first-order valence-electron chi connectivity index (χ1n) is 9.72. The van der Waals surface area contributed by atoms with Gasteiger partial charge in [0, 0.05) is 13.1 Å². The molecule has 5 heteroatoms. The Hall–Kier alpha value is -2.53. The summed E-state index contributed by atoms with van der Waals surface area (Å²) in [6.07, 6.45) is 0. The molecule has 2 amide bonds. The normalized spacial score (nSPS) is 11.4. The third kappa shape index (κ3) is 7.24. The van der Waals surface area contributed by atoms with E-state index in [1.807, 2.05) is 44.4 Å². The fourth-order valence-corrected chi connectivity index (χ4v) is 2.85. The third-order valence-corrected chi connectivity index (χ3v) is 4.42. The Kier molecular flexibility index (Phi) is 7.88. The molecule has 0 saturated carbocycles. The average molecular weight is 384 g/mol. The Labute approximate surface area is 169 Å². The van der Waals surface area contributed by atoms with E-state index in [2.05, 4.69) is 54.5 Å². The fourth-order valence-electron chi connectivity index (χ4n) is 2.85. The van der Waals surface area contributed by atoms with Crippen molar-refractivity contribution in [2.75, 3.05) is 27.2 Å². The molecule has 0 atom stereocenters. The van der Waals surface area contributed by atoms with Gasteiger partial charge in [0.15, 0.2) is 0 Å². The predicted octanol–water partition coefficient (Wildman–Crippen LogP) is 3.92. The van der Waals surface area contributed by atoms with Crippen LogP contribution in [-0.2, 0) is 18.5 Å². The van der Waals surface area contributed by atoms with E-state index in [1.54, 1.807) is 0 Å². The molecule has 0 aliphatic heterocycles. The summed E-state index contributed by atoms with van der Waals surface area (Å²) >= 11 is 0. The zero-order valence-corrected chi connectivity index (χ0v) is 17.7. The summed E-state index contributed by atoms with van der Waals surface area (Å²) in [5.41, 5.74) is 3.74. The predicted molar refractivity (Wildman–Crippen MR) is 115 cm³/mol. The van der Waals surface area contributed by atoms with E-state index in [0.717, 1.165) is 17.9 Å². The highest BCUT2D eigenvalue weighted by atomic mass is 16.5. The maximum Gasteiger partial charge on any atom is 0.315 e. The number of amides is 2. The van der Waals surface area contributed by atoms with Crippen LogP contribution in [-0.4, -0.2) is 38.2 Å². The maximum atomic E-state index is 12.0. The van der Waals surface area contributed by atoms with Crippen molar-refractivity contribution in [2.45, 2.75) is 39.3 Å². The van der Waals surface area contributed by atoms with E-state index in [4.69, 9.17) is 4.74 Å². The Morgan fingerprint density at radius 1 is 0.964 bits per heavy atom. The molecule has 2 rings (SSSR count). The highest BCUT2D eigenvalue weighted by Crippen LogP contribution is 2.24. The molecule has 0 spiro atoms. The Bertz CT molecular complexity index is 749. The molecule has 2 aromatic rings. The van der Waals surface area contributed by atoms with Crippen LogP contribution in [0.25, 0.3) is 0 Å². The number of ether oxygens (including phenoxy) is 1. The van der Waals surface area contributed by atoms with Gasteiger partial charge in [-0.05, 0) is 48.3 Å². The van der Waals surface area contributed by atoms with Crippen LogP contribution in [0, 0.1) is 0 Å². The third-order valence-electron chi connectivity index (χ3n) is 4.42. The Morgan fingerprint density at radius 2 is 1.61 bits per heavy atom. The molecule has 2 aromatic carbocycles. The van der Waals surface area contributed by atoms with Gasteiger partial charge >= 0.3 is 6.03 Å². The van der Waals surface area contributed by atoms with E-state index in [0.29, 0.717) is 19.7 Å². The van der Waals surface area contributed by atoms with Crippen molar-refractivity contribution in [1.29, 1.82) is 0 Å². The molecule has 0 aromatic heterocycles. The van der Waals surface area contributed by atoms with Gasteiger partial charge in [0.1, 0.15) is 12.4 Å². The van der Waals surface area contributed by atoms with Gasteiger partial charge in [0.2, 0.25) is 0 Å². The van der Waals surface area contributed by atoms with Crippen molar-refractivity contribution in [1.82, 2.24) is 15.5 Å². The molecule has 5 nitrogen and oxygen atoms in total. The molecule has 2 N–H and O–H groups in total. The lowest BCUT2D eigenvalue weighted by molar-refractivity contribution is 0.236. The van der Waals surface area contributed by atoms with Gasteiger partial charge in [-0.2, -0.15) is 0 Å². The highest BCUT2D eigenvalue weighted by Gasteiger charge is 2.13. The zero-order valence-electron chi connectivity index (χ0n) is 17.7. The van der Waals surface area contributed by atoms with E-state index in [1.165, 1.54) is 11.1 Å². The van der Waals surface area contributed by atoms with Gasteiger partial charge in [0.05, 0.1) is 6.54 Å². The number of nitrogens with one attached hydrogen (secondary N) is 2. The number of hydrogen-bond donors (Lipinski definition) is 2. The van der Waals surface area contributed by atoms with Crippen LogP contribution in [0.5, 0.6) is 5.75 Å². The number of hydrogen-bond acceptors (Lipinski definition) is 3. The van der Waals surface area contributed by atoms with Crippen molar-refractivity contribution >= 4 is 6.03 Å². The molecular weight excluding hydrogens is 350 g/mol. The van der Waals surface area contributed by atoms with Crippen molar-refractivity contribution in [3.63, 3.8) is 0 Å². The van der Waals surface area contributed by atoms with Crippen molar-refractivity contribution in [3.8, 4) is 5.75 Å². The molecule has 0 heterocycles. The van der Waals surface area contributed by atoms with Gasteiger partial charge < -0.3 is 20.3 Å². The second-order valence-corrected chi connectivity index (χ2v) is 8.24. The Morgan fingerprint density at radius 3 is 2.21 bits per heavy atom. The summed E-state index contributed by atoms with van der Waals surface area (Å²) < 4.78 is 5.70. The average Bonchev–Trinajstić information content (AvgIpc) is 2.64. The second kappa shape index (κ2) is 10.1. The largest absolute Gasteiger partial charge is 0.492 e. The first-order chi connectivity index (χ1) is 13.3. The molecule has 0 aliphatic rings. The number of rotatable bonds is 8. The molecule has 0 fully saturated rings. The number of nitrogens with zero attached hydrogens (tertiary/aromatic N) is 1. The van der Waals surface area contributed by atoms with Crippen molar-refractivity contribution in [2.24, 2.45) is 0 Å². The molecular formula is C23H33N3O2. The number of carbonyl (C=O) groups excluding carboxylic acids is 1. The minimum absolute atomic E-state index is 0.128. The van der Waals surface area contributed by atoms with E-state index in [9.17, 15) is 4.79 Å². The summed E-state index contributed by atoms with van der Waals surface area (Å²) in [5.74, 6) is 0.813. The number of carbonyl (C=O) groups is 1. The summed E-state index contributed by atoms with van der Waals surface area (Å²) in [5, 5.41) is 5.74. The second-order valence-electron chi connectivity index (χ2n) is 8.24. The van der Waals surface area contributed by atoms with Crippen LogP contribution in [0.15, 0.2) is 48.5 Å². The van der Waals surface area contributed by atoms with E-state index < -0.39 is 0 Å². The van der Waals surface area contributed by atoms with Crippen molar-refractivity contribution < 1.29 is 9.53 Å². The van der Waals surface area contributed by atoms with Crippen LogP contribution in [0.4, 0.5) is 4.79 Å². The fraction of sp³-hybridized carbons (Fsp3) is 0.435. The van der Waals surface area contributed by atoms with Gasteiger partial charge in [0.25, 0.3) is 0 Å². The maximum absolute atomic E-state index is 12.0. The molecule has 0 bridgehead atoms. The van der Waals surface area contributed by atoms with Crippen LogP contribution in [0.1, 0.15) is 37.5 Å². The Balaban J connectivity index is 1.71. The summed E-state index contributed by atoms with van der Waals surface area (Å²) in [6.45, 7) is 8.79. The molecule has 0 unspecified atom stereocenters. The van der Waals surface area contributed by atoms with Gasteiger partial charge in [-0.1, -0.05) is 57.2 Å². The minimum Gasteiger partial charge on any atom is -0.492 e. The lowest BCUT2D eigenvalue weighted by Crippen LogP contribution is -2.37. The highest BCUT2D eigenvalue weighted by molar-refractivity contribution is 5.73. The van der Waals surface area contributed by atoms with Crippen LogP contribution >= 0.6 is 0 Å². The molecule has 28 heavy (non-hydrogen) atoms. The quantitative estimate of drug-likeness (QED) is 0.679. The first-order valence-corrected chi connectivity index (χ1v) is 9.72. The topological polar surface area (TPSA) is 53.6 Å². The summed E-state index contributed by atoms with van der Waals surface area (Å²) in [7, 11) is 4.07. The van der Waals surface area contributed by atoms with Gasteiger partial charge in [-0.25, -0.2) is 4.79 Å². The first kappa shape index (κ1) is 21.8. The van der Waals surface area contributed by atoms with Gasteiger partial charge in [-0.3, -0.25) is 0 Å². The number of urea groups is 1. The van der Waals surface area contributed by atoms with E-state index >= 15 is 0 Å². The summed E-state index contributed by atoms with van der Waals surface area (Å²) in [6, 6.07) is 16.1. The molecule has 0 saturated heterocycles. The lowest BCUT2D eigenvalue weighted by Gasteiger charge is -2.19. The number of benzene rings is 2. The van der Waals surface area contributed by atoms with E-state index in [-0.39, 0.29) is 11.4 Å². The van der Waals surface area contributed by atoms with Gasteiger partial charge in [-0.15, -0.1) is 0 Å². The van der Waals surface area contributed by atoms with Crippen LogP contribution < -0.4 is 15.4 Å². The standard InChI is InChI=1S/C23H33N3O2/c1-23(2,3)20-10-12-21(13-11-20)28-15-14-24-22(27)25-16-18-8-6-7-9-19(18)17-26(4)5/h6-13H,14-17H2,1-5H3,(H2,24,25,27). The molecule has 0 radical (unpaired) electrons. The zero-order chi connectivity index (χ0) is 20.6. The van der Waals surface area contributed by atoms with Crippen molar-refractivity contribution in [3.05, 3.63) is 65.2 Å². The SMILES string of the molecule is CN(C)Cc1ccccc1CNC(=O)NCCOc1ccc(C(C)(C)C)cc1. The smallest absolute Gasteiger partial charge is 0.315 e. The minimum atomic E-state index is -0.189. The van der Waals surface area contributed by atoms with Crippen LogP contribution in [0.3, 0.4) is 0 Å². The summed E-state index contributed by atoms with van der Waals surface area (Å²) in [4.78, 5) is 14.1.